The number of hydrogen-bond acceptors (Lipinski definition) is 3. The van der Waals surface area contributed by atoms with Crippen molar-refractivity contribution in [3.05, 3.63) is 51.5 Å². The zero-order valence-corrected chi connectivity index (χ0v) is 17.1. The van der Waals surface area contributed by atoms with Crippen LogP contribution in [-0.4, -0.2) is 26.8 Å². The molecule has 27 heavy (non-hydrogen) atoms. The summed E-state index contributed by atoms with van der Waals surface area (Å²) in [6.45, 7) is 2.83. The van der Waals surface area contributed by atoms with E-state index in [9.17, 15) is 5.11 Å². The van der Waals surface area contributed by atoms with Crippen LogP contribution in [0.3, 0.4) is 0 Å². The molecule has 0 radical (unpaired) electrons. The second kappa shape index (κ2) is 7.51. The molecule has 0 spiro atoms. The molecule has 4 rings (SSSR count). The molecule has 1 aliphatic heterocycles. The molecule has 0 saturated heterocycles. The number of aromatic nitrogens is 2. The molecule has 2 aromatic carbocycles. The highest BCUT2D eigenvalue weighted by Crippen LogP contribution is 2.41. The van der Waals surface area contributed by atoms with Gasteiger partial charge < -0.3 is 14.6 Å². The Morgan fingerprint density at radius 3 is 2.74 bits per heavy atom. The molecule has 2 unspecified atom stereocenters. The van der Waals surface area contributed by atoms with Crippen molar-refractivity contribution < 1.29 is 5.11 Å². The van der Waals surface area contributed by atoms with Gasteiger partial charge in [-0.3, -0.25) is 0 Å². The Morgan fingerprint density at radius 2 is 2.00 bits per heavy atom. The van der Waals surface area contributed by atoms with Crippen LogP contribution in [0.5, 0.6) is 0 Å². The third kappa shape index (κ3) is 3.29. The molecule has 1 aromatic heterocycles. The average molecular weight is 425 g/mol. The first-order valence-corrected chi connectivity index (χ1v) is 10.2. The predicted octanol–water partition coefficient (Wildman–Crippen LogP) is 6.07. The first-order chi connectivity index (χ1) is 13.0. The van der Waals surface area contributed by atoms with Gasteiger partial charge in [0.2, 0.25) is 5.95 Å². The van der Waals surface area contributed by atoms with Gasteiger partial charge in [0.25, 0.3) is 0 Å². The van der Waals surface area contributed by atoms with Crippen LogP contribution in [0.1, 0.15) is 26.2 Å². The van der Waals surface area contributed by atoms with E-state index in [4.69, 9.17) is 39.8 Å². The second-order valence-electron chi connectivity index (χ2n) is 6.85. The zero-order valence-electron chi connectivity index (χ0n) is 14.9. The lowest BCUT2D eigenvalue weighted by Gasteiger charge is -2.40. The van der Waals surface area contributed by atoms with Crippen molar-refractivity contribution in [2.24, 2.45) is 0 Å². The lowest BCUT2D eigenvalue weighted by atomic mass is 9.99. The van der Waals surface area contributed by atoms with E-state index in [0.29, 0.717) is 21.5 Å². The van der Waals surface area contributed by atoms with E-state index < -0.39 is 6.10 Å². The molecule has 1 N–H and O–H groups in total. The molecule has 0 saturated carbocycles. The maximum Gasteiger partial charge on any atom is 0.211 e. The minimum absolute atomic E-state index is 0.119. The van der Waals surface area contributed by atoms with Crippen LogP contribution in [-0.2, 0) is 6.54 Å². The summed E-state index contributed by atoms with van der Waals surface area (Å²) in [6, 6.07) is 11.1. The Hall–Kier alpha value is -1.46. The minimum atomic E-state index is -0.481. The molecule has 7 heteroatoms. The molecule has 142 valence electrons. The van der Waals surface area contributed by atoms with Crippen LogP contribution in [0.15, 0.2) is 36.4 Å². The number of anilines is 2. The van der Waals surface area contributed by atoms with Gasteiger partial charge in [-0.15, -0.1) is 0 Å². The Kier molecular flexibility index (Phi) is 5.26. The fourth-order valence-electron chi connectivity index (χ4n) is 3.86. The van der Waals surface area contributed by atoms with Gasteiger partial charge in [-0.2, -0.15) is 0 Å². The standard InChI is InChI=1S/C20H20Cl3N3O/c1-2-4-18(27)16-9-10-25-17-6-3-5-13(22)19(17)24-20(25)26(16)15-8-7-12(21)11-14(15)23/h3,5-8,11,16,18,27H,2,4,9-10H2,1H3. The number of rotatable bonds is 4. The second-order valence-corrected chi connectivity index (χ2v) is 8.10. The Bertz CT molecular complexity index is 988. The first-order valence-electron chi connectivity index (χ1n) is 9.08. The minimum Gasteiger partial charge on any atom is -0.391 e. The fraction of sp³-hybridized carbons (Fsp3) is 0.350. The molecule has 0 fully saturated rings. The van der Waals surface area contributed by atoms with E-state index in [0.717, 1.165) is 42.1 Å². The van der Waals surface area contributed by atoms with E-state index >= 15 is 0 Å². The largest absolute Gasteiger partial charge is 0.391 e. The molecule has 3 aromatic rings. The third-order valence-corrected chi connectivity index (χ3v) is 5.95. The summed E-state index contributed by atoms with van der Waals surface area (Å²) in [5.41, 5.74) is 2.53. The van der Waals surface area contributed by atoms with Crippen molar-refractivity contribution in [2.45, 2.75) is 44.9 Å². The van der Waals surface area contributed by atoms with Crippen LogP contribution >= 0.6 is 34.8 Å². The van der Waals surface area contributed by atoms with Crippen molar-refractivity contribution in [3.63, 3.8) is 0 Å². The molecular formula is C20H20Cl3N3O. The summed E-state index contributed by atoms with van der Waals surface area (Å²) in [4.78, 5) is 6.86. The van der Waals surface area contributed by atoms with Crippen molar-refractivity contribution in [1.29, 1.82) is 0 Å². The molecule has 2 atom stereocenters. The molecule has 0 bridgehead atoms. The Balaban J connectivity index is 1.92. The molecule has 1 aliphatic rings. The normalized spacial score (nSPS) is 18.0. The van der Waals surface area contributed by atoms with Gasteiger partial charge >= 0.3 is 0 Å². The van der Waals surface area contributed by atoms with Gasteiger partial charge in [0.05, 0.1) is 33.4 Å². The quantitative estimate of drug-likeness (QED) is 0.553. The summed E-state index contributed by atoms with van der Waals surface area (Å²) < 4.78 is 2.14. The monoisotopic (exact) mass is 423 g/mol. The number of fused-ring (bicyclic) bond motifs is 3. The highest BCUT2D eigenvalue weighted by molar-refractivity contribution is 6.36. The van der Waals surface area contributed by atoms with Crippen LogP contribution in [0.2, 0.25) is 15.1 Å². The van der Waals surface area contributed by atoms with Gasteiger partial charge in [0.1, 0.15) is 5.52 Å². The van der Waals surface area contributed by atoms with Crippen molar-refractivity contribution in [3.8, 4) is 0 Å². The van der Waals surface area contributed by atoms with Gasteiger partial charge in [0, 0.05) is 11.6 Å². The number of imidazole rings is 1. The Labute approximate surface area is 173 Å². The van der Waals surface area contributed by atoms with E-state index in [1.807, 2.05) is 29.2 Å². The SMILES string of the molecule is CCCC(O)C1CCn2c(nc3c(Cl)cccc32)N1c1ccc(Cl)cc1Cl. The van der Waals surface area contributed by atoms with Gasteiger partial charge in [-0.05, 0) is 43.2 Å². The van der Waals surface area contributed by atoms with Crippen molar-refractivity contribution >= 4 is 57.5 Å². The summed E-state index contributed by atoms with van der Waals surface area (Å²) in [5.74, 6) is 0.744. The van der Waals surface area contributed by atoms with Crippen LogP contribution in [0.4, 0.5) is 11.6 Å². The van der Waals surface area contributed by atoms with E-state index in [-0.39, 0.29) is 6.04 Å². The predicted molar refractivity (Wildman–Crippen MR) is 113 cm³/mol. The van der Waals surface area contributed by atoms with Crippen LogP contribution in [0.25, 0.3) is 11.0 Å². The summed E-state index contributed by atoms with van der Waals surface area (Å²) in [7, 11) is 0. The lowest BCUT2D eigenvalue weighted by Crippen LogP contribution is -2.46. The number of aliphatic hydroxyl groups excluding tert-OH is 1. The maximum atomic E-state index is 10.8. The molecular weight excluding hydrogens is 405 g/mol. The third-order valence-electron chi connectivity index (χ3n) is 5.10. The molecule has 4 nitrogen and oxygen atoms in total. The average Bonchev–Trinajstić information content (AvgIpc) is 3.02. The highest BCUT2D eigenvalue weighted by Gasteiger charge is 2.35. The van der Waals surface area contributed by atoms with E-state index in [1.54, 1.807) is 12.1 Å². The van der Waals surface area contributed by atoms with Gasteiger partial charge in [-0.25, -0.2) is 4.98 Å². The van der Waals surface area contributed by atoms with Crippen LogP contribution < -0.4 is 4.90 Å². The lowest BCUT2D eigenvalue weighted by molar-refractivity contribution is 0.123. The number of aliphatic hydroxyl groups is 1. The first kappa shape index (κ1) is 18.9. The number of aryl methyl sites for hydroxylation is 1. The van der Waals surface area contributed by atoms with Crippen molar-refractivity contribution in [2.75, 3.05) is 4.90 Å². The molecule has 0 aliphatic carbocycles. The number of halogens is 3. The van der Waals surface area contributed by atoms with Crippen molar-refractivity contribution in [1.82, 2.24) is 9.55 Å². The summed E-state index contributed by atoms with van der Waals surface area (Å²) >= 11 is 19.0. The topological polar surface area (TPSA) is 41.3 Å². The number of para-hydroxylation sites is 1. The summed E-state index contributed by atoms with van der Waals surface area (Å²) in [5, 5.41) is 12.5. The zero-order chi connectivity index (χ0) is 19.1. The number of nitrogens with zero attached hydrogens (tertiary/aromatic N) is 3. The fourth-order valence-corrected chi connectivity index (χ4v) is 4.57. The van der Waals surface area contributed by atoms with E-state index in [1.165, 1.54) is 0 Å². The number of benzene rings is 2. The van der Waals surface area contributed by atoms with Crippen LogP contribution in [0, 0.1) is 0 Å². The highest BCUT2D eigenvalue weighted by atomic mass is 35.5. The van der Waals surface area contributed by atoms with Gasteiger partial charge in [0.15, 0.2) is 0 Å². The smallest absolute Gasteiger partial charge is 0.211 e. The maximum absolute atomic E-state index is 10.8. The molecule has 0 amide bonds. The number of hydrogen-bond donors (Lipinski definition) is 1. The summed E-state index contributed by atoms with van der Waals surface area (Å²) in [6.07, 6.45) is 1.92. The molecule has 2 heterocycles. The Morgan fingerprint density at radius 1 is 1.19 bits per heavy atom. The van der Waals surface area contributed by atoms with E-state index in [2.05, 4.69) is 11.5 Å². The van der Waals surface area contributed by atoms with Gasteiger partial charge in [-0.1, -0.05) is 54.2 Å².